The van der Waals surface area contributed by atoms with Crippen LogP contribution in [0.5, 0.6) is 17.2 Å². The lowest BCUT2D eigenvalue weighted by Crippen LogP contribution is -2.32. The van der Waals surface area contributed by atoms with E-state index in [0.29, 0.717) is 38.3 Å². The summed E-state index contributed by atoms with van der Waals surface area (Å²) >= 11 is 2.24. The van der Waals surface area contributed by atoms with E-state index in [1.165, 1.54) is 35.9 Å². The van der Waals surface area contributed by atoms with Crippen LogP contribution in [0.25, 0.3) is 0 Å². The van der Waals surface area contributed by atoms with E-state index >= 15 is 0 Å². The summed E-state index contributed by atoms with van der Waals surface area (Å²) in [6.45, 7) is 1.63. The normalized spacial score (nSPS) is 19.3. The highest BCUT2D eigenvalue weighted by Gasteiger charge is 2.56. The largest absolute Gasteiger partial charge is 0.508 e. The molecular formula is C30H25N3O7S2. The van der Waals surface area contributed by atoms with Crippen molar-refractivity contribution in [1.29, 1.82) is 0 Å². The lowest BCUT2D eigenvalue weighted by Gasteiger charge is -2.30. The third kappa shape index (κ3) is 5.03. The number of aromatic amines is 1. The van der Waals surface area contributed by atoms with Gasteiger partial charge < -0.3 is 24.9 Å². The van der Waals surface area contributed by atoms with Crippen LogP contribution in [0.15, 0.2) is 76.6 Å². The number of phenols is 1. The first kappa shape index (κ1) is 27.6. The van der Waals surface area contributed by atoms with E-state index in [2.05, 4.69) is 10.3 Å². The summed E-state index contributed by atoms with van der Waals surface area (Å²) in [5, 5.41) is 12.0. The number of ether oxygens (including phenoxy) is 2. The number of hydrogen-bond acceptors (Lipinski definition) is 9. The Morgan fingerprint density at radius 1 is 1.00 bits per heavy atom. The third-order valence-electron chi connectivity index (χ3n) is 7.17. The number of rotatable bonds is 7. The SMILES string of the molecule is COc1cc([C@H]2c3sc(=O)[nH]c3SC3C(=O)N(c4ccc(C)cc4)C(=O)C32)ccc1OCC(=O)Nc1ccc(O)cc1. The first-order valence-electron chi connectivity index (χ1n) is 13.0. The first-order valence-corrected chi connectivity index (χ1v) is 14.7. The quantitative estimate of drug-likeness (QED) is 0.210. The summed E-state index contributed by atoms with van der Waals surface area (Å²) in [6.07, 6.45) is 0. The molecule has 3 heterocycles. The summed E-state index contributed by atoms with van der Waals surface area (Å²) in [6, 6.07) is 18.4. The molecule has 3 N–H and O–H groups in total. The van der Waals surface area contributed by atoms with Gasteiger partial charge in [0, 0.05) is 16.5 Å². The van der Waals surface area contributed by atoms with Crippen LogP contribution in [0.4, 0.5) is 11.4 Å². The molecule has 10 nitrogen and oxygen atoms in total. The van der Waals surface area contributed by atoms with Crippen LogP contribution >= 0.6 is 23.1 Å². The molecule has 1 saturated heterocycles. The fourth-order valence-electron chi connectivity index (χ4n) is 5.21. The molecule has 2 aliphatic heterocycles. The van der Waals surface area contributed by atoms with E-state index in [1.807, 2.05) is 19.1 Å². The van der Waals surface area contributed by atoms with Gasteiger partial charge in [-0.1, -0.05) is 46.9 Å². The number of aryl methyl sites for hydroxylation is 1. The van der Waals surface area contributed by atoms with Crippen molar-refractivity contribution in [2.75, 3.05) is 23.9 Å². The molecule has 0 bridgehead atoms. The van der Waals surface area contributed by atoms with Crippen molar-refractivity contribution in [3.05, 3.63) is 92.4 Å². The van der Waals surface area contributed by atoms with Crippen LogP contribution in [0, 0.1) is 12.8 Å². The Morgan fingerprint density at radius 3 is 2.45 bits per heavy atom. The Balaban J connectivity index is 1.29. The molecule has 2 aliphatic rings. The Morgan fingerprint density at radius 2 is 1.74 bits per heavy atom. The standard InChI is InChI=1S/C30H25N3O7S2/c1-15-3-8-18(9-4-15)33-28(36)24-23(25-27(32-30(38)42-25)41-26(24)29(33)37)16-5-12-20(21(13-16)39-2)40-14-22(35)31-17-6-10-19(34)11-7-17/h3-13,23-24,26,34H,14H2,1-2H3,(H,31,35)(H,32,38)/t23-,24?,26?/m1/s1. The Kier molecular flexibility index (Phi) is 7.25. The molecule has 6 rings (SSSR count). The minimum Gasteiger partial charge on any atom is -0.508 e. The second-order valence-electron chi connectivity index (χ2n) is 9.89. The summed E-state index contributed by atoms with van der Waals surface area (Å²) in [7, 11) is 1.46. The predicted octanol–water partition coefficient (Wildman–Crippen LogP) is 4.27. The molecule has 0 saturated carbocycles. The van der Waals surface area contributed by atoms with Gasteiger partial charge in [-0.25, -0.2) is 4.90 Å². The number of fused-ring (bicyclic) bond motifs is 2. The Hall–Kier alpha value is -4.55. The number of aromatic hydroxyl groups is 1. The van der Waals surface area contributed by atoms with E-state index in [0.717, 1.165) is 16.9 Å². The fraction of sp³-hybridized carbons (Fsp3) is 0.200. The summed E-state index contributed by atoms with van der Waals surface area (Å²) in [5.41, 5.74) is 2.69. The number of amides is 3. The van der Waals surface area contributed by atoms with Crippen LogP contribution in [0.1, 0.15) is 21.9 Å². The van der Waals surface area contributed by atoms with Gasteiger partial charge >= 0.3 is 4.87 Å². The van der Waals surface area contributed by atoms with Crippen LogP contribution in [-0.4, -0.2) is 46.8 Å². The highest BCUT2D eigenvalue weighted by Crippen LogP contribution is 2.53. The molecule has 3 amide bonds. The maximum absolute atomic E-state index is 13.9. The molecule has 0 radical (unpaired) electrons. The van der Waals surface area contributed by atoms with Crippen LogP contribution < -0.4 is 24.6 Å². The number of methoxy groups -OCH3 is 1. The van der Waals surface area contributed by atoms with E-state index < -0.39 is 23.0 Å². The van der Waals surface area contributed by atoms with Gasteiger partial charge in [0.05, 0.1) is 23.7 Å². The van der Waals surface area contributed by atoms with Crippen LogP contribution in [0.3, 0.4) is 0 Å². The number of nitrogens with zero attached hydrogens (tertiary/aromatic N) is 1. The number of carbonyl (C=O) groups is 3. The first-order chi connectivity index (χ1) is 20.2. The minimum absolute atomic E-state index is 0.0857. The maximum Gasteiger partial charge on any atom is 0.305 e. The number of anilines is 2. The fourth-order valence-corrected chi connectivity index (χ4v) is 7.72. The highest BCUT2D eigenvalue weighted by molar-refractivity contribution is 8.00. The second-order valence-corrected chi connectivity index (χ2v) is 12.1. The van der Waals surface area contributed by atoms with Crippen molar-refractivity contribution in [1.82, 2.24) is 4.98 Å². The van der Waals surface area contributed by atoms with E-state index in [4.69, 9.17) is 9.47 Å². The molecular weight excluding hydrogens is 578 g/mol. The van der Waals surface area contributed by atoms with Gasteiger partial charge in [0.25, 0.3) is 5.91 Å². The van der Waals surface area contributed by atoms with Crippen molar-refractivity contribution in [3.8, 4) is 17.2 Å². The summed E-state index contributed by atoms with van der Waals surface area (Å²) < 4.78 is 11.3. The molecule has 42 heavy (non-hydrogen) atoms. The van der Waals surface area contributed by atoms with Gasteiger partial charge in [0.1, 0.15) is 11.0 Å². The molecule has 1 fully saturated rings. The van der Waals surface area contributed by atoms with Gasteiger partial charge in [-0.3, -0.25) is 19.2 Å². The highest BCUT2D eigenvalue weighted by atomic mass is 32.2. The van der Waals surface area contributed by atoms with E-state index in [-0.39, 0.29) is 29.0 Å². The molecule has 2 unspecified atom stereocenters. The Bertz CT molecular complexity index is 1750. The number of thiazole rings is 1. The zero-order valence-electron chi connectivity index (χ0n) is 22.5. The number of nitrogens with one attached hydrogen (secondary N) is 2. The molecule has 3 aromatic carbocycles. The number of H-pyrrole nitrogens is 1. The topological polar surface area (TPSA) is 138 Å². The van der Waals surface area contributed by atoms with Gasteiger partial charge in [0.2, 0.25) is 11.8 Å². The van der Waals surface area contributed by atoms with Crippen LogP contribution in [0.2, 0.25) is 0 Å². The van der Waals surface area contributed by atoms with Crippen molar-refractivity contribution < 1.29 is 29.0 Å². The molecule has 0 aliphatic carbocycles. The molecule has 214 valence electrons. The second kappa shape index (κ2) is 11.0. The number of hydrogen-bond donors (Lipinski definition) is 3. The predicted molar refractivity (Wildman–Crippen MR) is 159 cm³/mol. The zero-order valence-corrected chi connectivity index (χ0v) is 24.1. The zero-order chi connectivity index (χ0) is 29.5. The lowest BCUT2D eigenvalue weighted by atomic mass is 9.83. The third-order valence-corrected chi connectivity index (χ3v) is 9.57. The van der Waals surface area contributed by atoms with Gasteiger partial charge in [-0.05, 0) is 61.0 Å². The number of aromatic nitrogens is 1. The smallest absolute Gasteiger partial charge is 0.305 e. The number of imide groups is 1. The van der Waals surface area contributed by atoms with E-state index in [1.54, 1.807) is 42.5 Å². The molecule has 1 aromatic heterocycles. The molecule has 3 atom stereocenters. The van der Waals surface area contributed by atoms with Gasteiger partial charge in [0.15, 0.2) is 18.1 Å². The number of carbonyl (C=O) groups excluding carboxylic acids is 3. The number of phenolic OH excluding ortho intramolecular Hbond substituents is 1. The average molecular weight is 604 g/mol. The van der Waals surface area contributed by atoms with Crippen molar-refractivity contribution in [3.63, 3.8) is 0 Å². The van der Waals surface area contributed by atoms with Gasteiger partial charge in [-0.2, -0.15) is 0 Å². The minimum atomic E-state index is -0.740. The van der Waals surface area contributed by atoms with Crippen molar-refractivity contribution in [2.45, 2.75) is 23.1 Å². The van der Waals surface area contributed by atoms with Crippen molar-refractivity contribution in [2.24, 2.45) is 5.92 Å². The Labute approximate surface area is 248 Å². The van der Waals surface area contributed by atoms with Gasteiger partial charge in [-0.15, -0.1) is 0 Å². The lowest BCUT2D eigenvalue weighted by molar-refractivity contribution is -0.122. The maximum atomic E-state index is 13.9. The van der Waals surface area contributed by atoms with E-state index in [9.17, 15) is 24.3 Å². The average Bonchev–Trinajstić information content (AvgIpc) is 3.47. The molecule has 0 spiro atoms. The summed E-state index contributed by atoms with van der Waals surface area (Å²) in [5.74, 6) is -1.67. The monoisotopic (exact) mass is 603 g/mol. The number of benzene rings is 3. The molecule has 12 heteroatoms. The molecule has 4 aromatic rings. The summed E-state index contributed by atoms with van der Waals surface area (Å²) in [4.78, 5) is 56.8. The van der Waals surface area contributed by atoms with Crippen LogP contribution in [-0.2, 0) is 14.4 Å². The number of thioether (sulfide) groups is 1. The van der Waals surface area contributed by atoms with Crippen molar-refractivity contribution >= 4 is 52.2 Å².